The molecule has 9 heteroatoms. The second-order valence-electron chi connectivity index (χ2n) is 6.67. The minimum Gasteiger partial charge on any atom is -0.348 e. The fraction of sp³-hybridized carbons (Fsp3) is 0.263. The van der Waals surface area contributed by atoms with Gasteiger partial charge in [0.2, 0.25) is 5.82 Å². The van der Waals surface area contributed by atoms with Gasteiger partial charge < -0.3 is 4.90 Å². The quantitative estimate of drug-likeness (QED) is 0.495. The number of pyridine rings is 1. The van der Waals surface area contributed by atoms with E-state index in [1.165, 1.54) is 10.6 Å². The molecule has 1 aliphatic heterocycles. The number of rotatable bonds is 4. The summed E-state index contributed by atoms with van der Waals surface area (Å²) in [6, 6.07) is 12.8. The van der Waals surface area contributed by atoms with Crippen LogP contribution in [0.25, 0.3) is 5.65 Å². The van der Waals surface area contributed by atoms with Gasteiger partial charge in [-0.25, -0.2) is 4.98 Å². The van der Waals surface area contributed by atoms with Gasteiger partial charge in [0.15, 0.2) is 0 Å². The van der Waals surface area contributed by atoms with Gasteiger partial charge in [0.05, 0.1) is 4.92 Å². The highest BCUT2D eigenvalue weighted by Gasteiger charge is 2.29. The van der Waals surface area contributed by atoms with Crippen molar-refractivity contribution in [2.45, 2.75) is 6.54 Å². The molecule has 0 radical (unpaired) electrons. The van der Waals surface area contributed by atoms with Gasteiger partial charge in [-0.3, -0.25) is 24.2 Å². The van der Waals surface area contributed by atoms with Crippen molar-refractivity contribution < 1.29 is 4.92 Å². The topological polar surface area (TPSA) is 84.0 Å². The van der Waals surface area contributed by atoms with Crippen LogP contribution >= 0.6 is 11.6 Å². The van der Waals surface area contributed by atoms with Crippen LogP contribution in [-0.2, 0) is 6.54 Å². The van der Waals surface area contributed by atoms with Gasteiger partial charge in [0, 0.05) is 43.9 Å². The molecule has 1 aromatic carbocycles. The molecule has 1 saturated heterocycles. The molecule has 0 spiro atoms. The van der Waals surface area contributed by atoms with E-state index in [-0.39, 0.29) is 5.82 Å². The Morgan fingerprint density at radius 1 is 1.11 bits per heavy atom. The zero-order valence-electron chi connectivity index (χ0n) is 15.0. The second kappa shape index (κ2) is 7.57. The highest BCUT2D eigenvalue weighted by Crippen LogP contribution is 2.24. The summed E-state index contributed by atoms with van der Waals surface area (Å²) in [6.07, 6.45) is 1.49. The maximum atomic E-state index is 12.6. The van der Waals surface area contributed by atoms with Crippen LogP contribution in [0, 0.1) is 10.1 Å². The van der Waals surface area contributed by atoms with Crippen LogP contribution in [0.5, 0.6) is 0 Å². The number of hydrogen-bond acceptors (Lipinski definition) is 6. The Hall–Kier alpha value is -2.97. The van der Waals surface area contributed by atoms with Crippen molar-refractivity contribution in [2.24, 2.45) is 0 Å². The molecule has 0 bridgehead atoms. The van der Waals surface area contributed by atoms with Crippen molar-refractivity contribution >= 4 is 28.8 Å². The van der Waals surface area contributed by atoms with Crippen molar-refractivity contribution in [3.63, 3.8) is 0 Å². The molecule has 4 rings (SSSR count). The first-order valence-corrected chi connectivity index (χ1v) is 9.28. The van der Waals surface area contributed by atoms with Gasteiger partial charge in [0.1, 0.15) is 5.65 Å². The Morgan fingerprint density at radius 3 is 2.61 bits per heavy atom. The number of fused-ring (bicyclic) bond motifs is 1. The standard InChI is InChI=1S/C19H18ClN5O3/c20-15-5-3-4-14(12-15)13-22-8-10-23(11-9-22)18-17(25(27)28)19(26)24-7-2-1-6-16(24)21-18/h1-7,12H,8-11,13H2. The smallest absolute Gasteiger partial charge is 0.348 e. The van der Waals surface area contributed by atoms with Crippen molar-refractivity contribution in [1.82, 2.24) is 14.3 Å². The number of benzene rings is 1. The Morgan fingerprint density at radius 2 is 1.89 bits per heavy atom. The van der Waals surface area contributed by atoms with Gasteiger partial charge in [-0.05, 0) is 29.8 Å². The zero-order valence-corrected chi connectivity index (χ0v) is 15.7. The van der Waals surface area contributed by atoms with E-state index in [0.717, 1.165) is 12.1 Å². The molecule has 2 aromatic heterocycles. The Labute approximate surface area is 165 Å². The third-order valence-electron chi connectivity index (χ3n) is 4.84. The fourth-order valence-corrected chi connectivity index (χ4v) is 3.67. The number of hydrogen-bond donors (Lipinski definition) is 0. The average Bonchev–Trinajstić information content (AvgIpc) is 2.68. The molecular formula is C19H18ClN5O3. The first kappa shape index (κ1) is 18.4. The van der Waals surface area contributed by atoms with Crippen molar-refractivity contribution in [1.29, 1.82) is 0 Å². The van der Waals surface area contributed by atoms with Crippen molar-refractivity contribution in [3.8, 4) is 0 Å². The molecular weight excluding hydrogens is 382 g/mol. The van der Waals surface area contributed by atoms with Crippen LogP contribution in [0.2, 0.25) is 5.02 Å². The Bertz CT molecular complexity index is 1090. The summed E-state index contributed by atoms with van der Waals surface area (Å²) in [6.45, 7) is 3.27. The predicted octanol–water partition coefficient (Wildman–Crippen LogP) is 2.58. The molecule has 0 aliphatic carbocycles. The summed E-state index contributed by atoms with van der Waals surface area (Å²) in [5.41, 5.74) is 0.377. The van der Waals surface area contributed by atoms with E-state index in [9.17, 15) is 14.9 Å². The second-order valence-corrected chi connectivity index (χ2v) is 7.10. The molecule has 0 amide bonds. The lowest BCUT2D eigenvalue weighted by molar-refractivity contribution is -0.385. The molecule has 28 heavy (non-hydrogen) atoms. The van der Waals surface area contributed by atoms with Crippen LogP contribution in [-0.4, -0.2) is 45.4 Å². The molecule has 1 fully saturated rings. The molecule has 8 nitrogen and oxygen atoms in total. The molecule has 3 heterocycles. The van der Waals surface area contributed by atoms with E-state index in [2.05, 4.69) is 9.88 Å². The van der Waals surface area contributed by atoms with E-state index in [1.807, 2.05) is 29.2 Å². The lowest BCUT2D eigenvalue weighted by Crippen LogP contribution is -2.47. The van der Waals surface area contributed by atoms with Gasteiger partial charge in [0.25, 0.3) is 0 Å². The van der Waals surface area contributed by atoms with Crippen molar-refractivity contribution in [2.75, 3.05) is 31.1 Å². The maximum absolute atomic E-state index is 12.6. The minimum atomic E-state index is -0.660. The molecule has 0 atom stereocenters. The minimum absolute atomic E-state index is 0.142. The van der Waals surface area contributed by atoms with Crippen LogP contribution in [0.3, 0.4) is 0 Å². The first-order chi connectivity index (χ1) is 13.5. The van der Waals surface area contributed by atoms with Crippen LogP contribution in [0.15, 0.2) is 53.5 Å². The van der Waals surface area contributed by atoms with Gasteiger partial charge in [-0.1, -0.05) is 29.8 Å². The predicted molar refractivity (Wildman–Crippen MR) is 107 cm³/mol. The molecule has 1 aliphatic rings. The summed E-state index contributed by atoms with van der Waals surface area (Å²) >= 11 is 6.04. The average molecular weight is 400 g/mol. The first-order valence-electron chi connectivity index (χ1n) is 8.90. The summed E-state index contributed by atoms with van der Waals surface area (Å²) < 4.78 is 1.21. The third-order valence-corrected chi connectivity index (χ3v) is 5.08. The SMILES string of the molecule is O=c1c([N+](=O)[O-])c(N2CCN(Cc3cccc(Cl)c3)CC2)nc2ccccn12. The normalized spacial score (nSPS) is 15.1. The summed E-state index contributed by atoms with van der Waals surface area (Å²) in [4.78, 5) is 32.0. The highest BCUT2D eigenvalue weighted by molar-refractivity contribution is 6.30. The van der Waals surface area contributed by atoms with Gasteiger partial charge in [-0.15, -0.1) is 0 Å². The lowest BCUT2D eigenvalue weighted by atomic mass is 10.2. The molecule has 0 saturated carbocycles. The maximum Gasteiger partial charge on any atom is 0.376 e. The summed E-state index contributed by atoms with van der Waals surface area (Å²) in [5, 5.41) is 12.3. The van der Waals surface area contributed by atoms with E-state index in [0.29, 0.717) is 36.8 Å². The van der Waals surface area contributed by atoms with E-state index < -0.39 is 16.2 Å². The van der Waals surface area contributed by atoms with Gasteiger partial charge >= 0.3 is 11.2 Å². The number of anilines is 1. The number of piperazine rings is 1. The molecule has 3 aromatic rings. The van der Waals surface area contributed by atoms with Crippen LogP contribution in [0.1, 0.15) is 5.56 Å². The number of aromatic nitrogens is 2. The monoisotopic (exact) mass is 399 g/mol. The number of nitro groups is 1. The van der Waals surface area contributed by atoms with Crippen molar-refractivity contribution in [3.05, 3.63) is 79.7 Å². The van der Waals surface area contributed by atoms with Crippen LogP contribution < -0.4 is 10.5 Å². The number of halogens is 1. The fourth-order valence-electron chi connectivity index (χ4n) is 3.46. The summed E-state index contributed by atoms with van der Waals surface area (Å²) in [7, 11) is 0. The van der Waals surface area contributed by atoms with Crippen LogP contribution in [0.4, 0.5) is 11.5 Å². The lowest BCUT2D eigenvalue weighted by Gasteiger charge is -2.35. The highest BCUT2D eigenvalue weighted by atomic mass is 35.5. The van der Waals surface area contributed by atoms with E-state index in [4.69, 9.17) is 11.6 Å². The van der Waals surface area contributed by atoms with E-state index >= 15 is 0 Å². The summed E-state index contributed by atoms with van der Waals surface area (Å²) in [5.74, 6) is 0.142. The molecule has 144 valence electrons. The largest absolute Gasteiger partial charge is 0.376 e. The molecule has 0 unspecified atom stereocenters. The zero-order chi connectivity index (χ0) is 19.7. The number of nitrogens with zero attached hydrogens (tertiary/aromatic N) is 5. The Balaban J connectivity index is 1.57. The Kier molecular flexibility index (Phi) is 4.97. The van der Waals surface area contributed by atoms with Gasteiger partial charge in [-0.2, -0.15) is 0 Å². The third kappa shape index (κ3) is 3.56. The molecule has 0 N–H and O–H groups in total. The van der Waals surface area contributed by atoms with E-state index in [1.54, 1.807) is 18.2 Å².